The van der Waals surface area contributed by atoms with E-state index in [1.165, 1.54) is 0 Å². The van der Waals surface area contributed by atoms with Crippen molar-refractivity contribution in [2.24, 2.45) is 0 Å². The van der Waals surface area contributed by atoms with E-state index in [9.17, 15) is 4.79 Å². The Morgan fingerprint density at radius 3 is 2.80 bits per heavy atom. The molecule has 2 N–H and O–H groups in total. The zero-order chi connectivity index (χ0) is 11.3. The van der Waals surface area contributed by atoms with Crippen molar-refractivity contribution in [3.05, 3.63) is 30.1 Å². The average molecular weight is 208 g/mol. The number of hydrogen-bond acceptors (Lipinski definition) is 3. The molecule has 1 rings (SSSR count). The predicted octanol–water partition coefficient (Wildman–Crippen LogP) is 0.972. The van der Waals surface area contributed by atoms with E-state index in [1.54, 1.807) is 31.3 Å². The normalized spacial score (nSPS) is 14.3. The molecule has 1 aromatic heterocycles. The Labute approximate surface area is 89.3 Å². The van der Waals surface area contributed by atoms with Gasteiger partial charge in [-0.1, -0.05) is 13.0 Å². The van der Waals surface area contributed by atoms with E-state index in [-0.39, 0.29) is 12.5 Å². The Morgan fingerprint density at radius 1 is 1.60 bits per heavy atom. The molecule has 0 aliphatic rings. The Hall–Kier alpha value is -1.42. The van der Waals surface area contributed by atoms with Gasteiger partial charge in [0.25, 0.3) is 5.91 Å². The van der Waals surface area contributed by atoms with Gasteiger partial charge in [0.15, 0.2) is 0 Å². The number of nitrogens with zero attached hydrogens (tertiary/aromatic N) is 1. The van der Waals surface area contributed by atoms with Gasteiger partial charge in [-0.3, -0.25) is 9.78 Å². The number of hydrogen-bond donors (Lipinski definition) is 2. The lowest BCUT2D eigenvalue weighted by molar-refractivity contribution is 0.0842. The molecule has 4 heteroatoms. The maximum atomic E-state index is 11.7. The zero-order valence-corrected chi connectivity index (χ0v) is 9.03. The molecule has 0 aliphatic heterocycles. The minimum absolute atomic E-state index is 0.0813. The summed E-state index contributed by atoms with van der Waals surface area (Å²) in [7, 11) is 0. The van der Waals surface area contributed by atoms with E-state index in [2.05, 4.69) is 10.3 Å². The maximum absolute atomic E-state index is 11.7. The van der Waals surface area contributed by atoms with E-state index < -0.39 is 5.54 Å². The lowest BCUT2D eigenvalue weighted by Gasteiger charge is -2.26. The smallest absolute Gasteiger partial charge is 0.270 e. The van der Waals surface area contributed by atoms with Gasteiger partial charge in [-0.2, -0.15) is 0 Å². The van der Waals surface area contributed by atoms with E-state index in [0.29, 0.717) is 12.1 Å². The van der Waals surface area contributed by atoms with Gasteiger partial charge in [0.1, 0.15) is 5.69 Å². The highest BCUT2D eigenvalue weighted by atomic mass is 16.3. The van der Waals surface area contributed by atoms with Crippen molar-refractivity contribution in [2.75, 3.05) is 6.61 Å². The largest absolute Gasteiger partial charge is 0.394 e. The van der Waals surface area contributed by atoms with E-state index in [4.69, 9.17) is 5.11 Å². The molecule has 0 saturated carbocycles. The number of pyridine rings is 1. The minimum Gasteiger partial charge on any atom is -0.394 e. The molecule has 1 unspecified atom stereocenters. The van der Waals surface area contributed by atoms with Crippen molar-refractivity contribution in [3.8, 4) is 0 Å². The second-order valence-corrected chi connectivity index (χ2v) is 3.74. The van der Waals surface area contributed by atoms with Gasteiger partial charge in [0.05, 0.1) is 12.1 Å². The molecule has 1 atom stereocenters. The molecule has 0 radical (unpaired) electrons. The standard InChI is InChI=1S/C11H16N2O2/c1-3-11(2,8-14)13-10(15)9-6-4-5-7-12-9/h4-7,14H,3,8H2,1-2H3,(H,13,15). The highest BCUT2D eigenvalue weighted by Crippen LogP contribution is 2.08. The second kappa shape index (κ2) is 4.89. The Bertz CT molecular complexity index is 321. The van der Waals surface area contributed by atoms with Crippen LogP contribution >= 0.6 is 0 Å². The summed E-state index contributed by atoms with van der Waals surface area (Å²) < 4.78 is 0. The quantitative estimate of drug-likeness (QED) is 0.775. The van der Waals surface area contributed by atoms with Crippen LogP contribution in [-0.4, -0.2) is 28.1 Å². The molecule has 15 heavy (non-hydrogen) atoms. The van der Waals surface area contributed by atoms with Crippen LogP contribution in [0.2, 0.25) is 0 Å². The van der Waals surface area contributed by atoms with Crippen molar-refractivity contribution in [2.45, 2.75) is 25.8 Å². The molecule has 0 fully saturated rings. The van der Waals surface area contributed by atoms with Crippen molar-refractivity contribution in [1.29, 1.82) is 0 Å². The average Bonchev–Trinajstić information content (AvgIpc) is 2.30. The molecule has 0 bridgehead atoms. The van der Waals surface area contributed by atoms with Crippen LogP contribution in [0.3, 0.4) is 0 Å². The number of carbonyl (C=O) groups is 1. The van der Waals surface area contributed by atoms with Gasteiger partial charge in [0.2, 0.25) is 0 Å². The highest BCUT2D eigenvalue weighted by Gasteiger charge is 2.23. The fourth-order valence-corrected chi connectivity index (χ4v) is 1.07. The fourth-order valence-electron chi connectivity index (χ4n) is 1.07. The Balaban J connectivity index is 2.72. The first-order valence-corrected chi connectivity index (χ1v) is 4.96. The van der Waals surface area contributed by atoms with Crippen LogP contribution < -0.4 is 5.32 Å². The Morgan fingerprint density at radius 2 is 2.33 bits per heavy atom. The number of rotatable bonds is 4. The number of aliphatic hydroxyl groups excluding tert-OH is 1. The molecule has 0 saturated heterocycles. The van der Waals surface area contributed by atoms with Gasteiger partial charge < -0.3 is 10.4 Å². The molecule has 82 valence electrons. The van der Waals surface area contributed by atoms with Crippen LogP contribution in [0, 0.1) is 0 Å². The monoisotopic (exact) mass is 208 g/mol. The maximum Gasteiger partial charge on any atom is 0.270 e. The molecule has 0 aliphatic carbocycles. The first-order valence-electron chi connectivity index (χ1n) is 4.96. The van der Waals surface area contributed by atoms with Gasteiger partial charge in [-0.15, -0.1) is 0 Å². The lowest BCUT2D eigenvalue weighted by atomic mass is 10.00. The van der Waals surface area contributed by atoms with Crippen LogP contribution in [0.25, 0.3) is 0 Å². The summed E-state index contributed by atoms with van der Waals surface area (Å²) >= 11 is 0. The summed E-state index contributed by atoms with van der Waals surface area (Å²) in [6, 6.07) is 5.15. The van der Waals surface area contributed by atoms with E-state index >= 15 is 0 Å². The van der Waals surface area contributed by atoms with Crippen LogP contribution in [0.4, 0.5) is 0 Å². The third kappa shape index (κ3) is 3.02. The number of aromatic nitrogens is 1. The van der Waals surface area contributed by atoms with Crippen molar-refractivity contribution >= 4 is 5.91 Å². The minimum atomic E-state index is -0.575. The van der Waals surface area contributed by atoms with Gasteiger partial charge in [-0.05, 0) is 25.5 Å². The summed E-state index contributed by atoms with van der Waals surface area (Å²) in [6.07, 6.45) is 2.24. The van der Waals surface area contributed by atoms with Gasteiger partial charge >= 0.3 is 0 Å². The molecular formula is C11H16N2O2. The molecule has 1 heterocycles. The SMILES string of the molecule is CCC(C)(CO)NC(=O)c1ccccn1. The first kappa shape index (κ1) is 11.7. The summed E-state index contributed by atoms with van der Waals surface area (Å²) in [5.41, 5.74) is -0.208. The van der Waals surface area contributed by atoms with Crippen LogP contribution in [-0.2, 0) is 0 Å². The summed E-state index contributed by atoms with van der Waals surface area (Å²) in [6.45, 7) is 3.63. The van der Waals surface area contributed by atoms with Crippen LogP contribution in [0.15, 0.2) is 24.4 Å². The van der Waals surface area contributed by atoms with Crippen molar-refractivity contribution in [3.63, 3.8) is 0 Å². The number of aliphatic hydroxyl groups is 1. The number of carbonyl (C=O) groups excluding carboxylic acids is 1. The lowest BCUT2D eigenvalue weighted by Crippen LogP contribution is -2.48. The second-order valence-electron chi connectivity index (χ2n) is 3.74. The third-order valence-corrected chi connectivity index (χ3v) is 2.44. The topological polar surface area (TPSA) is 62.2 Å². The van der Waals surface area contributed by atoms with Crippen molar-refractivity contribution in [1.82, 2.24) is 10.3 Å². The molecule has 0 aromatic carbocycles. The molecule has 1 aromatic rings. The van der Waals surface area contributed by atoms with Gasteiger partial charge in [0, 0.05) is 6.20 Å². The first-order chi connectivity index (χ1) is 7.11. The van der Waals surface area contributed by atoms with E-state index in [0.717, 1.165) is 0 Å². The summed E-state index contributed by atoms with van der Waals surface area (Å²) in [5.74, 6) is -0.256. The molecule has 0 spiro atoms. The Kier molecular flexibility index (Phi) is 3.80. The zero-order valence-electron chi connectivity index (χ0n) is 9.03. The number of nitrogens with one attached hydrogen (secondary N) is 1. The third-order valence-electron chi connectivity index (χ3n) is 2.44. The van der Waals surface area contributed by atoms with E-state index in [1.807, 2.05) is 6.92 Å². The molecule has 1 amide bonds. The van der Waals surface area contributed by atoms with Gasteiger partial charge in [-0.25, -0.2) is 0 Å². The predicted molar refractivity (Wildman–Crippen MR) is 57.5 cm³/mol. The van der Waals surface area contributed by atoms with Crippen molar-refractivity contribution < 1.29 is 9.90 Å². The highest BCUT2D eigenvalue weighted by molar-refractivity contribution is 5.92. The summed E-state index contributed by atoms with van der Waals surface area (Å²) in [4.78, 5) is 15.6. The molecular weight excluding hydrogens is 192 g/mol. The summed E-state index contributed by atoms with van der Waals surface area (Å²) in [5, 5.41) is 11.9. The molecule has 4 nitrogen and oxygen atoms in total. The van der Waals surface area contributed by atoms with Crippen LogP contribution in [0.1, 0.15) is 30.8 Å². The number of amides is 1. The fraction of sp³-hybridized carbons (Fsp3) is 0.455. The van der Waals surface area contributed by atoms with Crippen LogP contribution in [0.5, 0.6) is 0 Å².